The quantitative estimate of drug-likeness (QED) is 0.201. The third-order valence-corrected chi connectivity index (χ3v) is 7.05. The molecular formula is C32H23BO. The fourth-order valence-electron chi connectivity index (χ4n) is 5.59. The van der Waals surface area contributed by atoms with Crippen LogP contribution in [0.1, 0.15) is 16.7 Å². The first-order valence-electron chi connectivity index (χ1n) is 11.6. The highest BCUT2D eigenvalue weighted by atomic mass is 16.4. The van der Waals surface area contributed by atoms with E-state index in [2.05, 4.69) is 127 Å². The van der Waals surface area contributed by atoms with Gasteiger partial charge in [-0.1, -0.05) is 127 Å². The van der Waals surface area contributed by atoms with E-state index in [9.17, 15) is 0 Å². The number of rotatable bonds is 5. The van der Waals surface area contributed by atoms with Crippen molar-refractivity contribution in [3.63, 3.8) is 0 Å². The van der Waals surface area contributed by atoms with Gasteiger partial charge in [0.05, 0.1) is 5.41 Å². The van der Waals surface area contributed by atoms with Crippen LogP contribution in [-0.4, -0.2) is 14.7 Å². The molecule has 0 aliphatic heterocycles. The standard InChI is InChI=1S/C32H23BO/c33-34-22-32(29-19-7-13-23-10-1-4-16-26(23)29,30-20-8-14-24-11-2-5-17-27(24)30)31-21-9-15-25-12-3-6-18-28(25)31/h1-21H,22H2. The van der Waals surface area contributed by atoms with Crippen LogP contribution in [0.25, 0.3) is 32.3 Å². The summed E-state index contributed by atoms with van der Waals surface area (Å²) in [5.41, 5.74) is 2.92. The number of hydrogen-bond acceptors (Lipinski definition) is 1. The SMILES string of the molecule is [B]OCC(c1cccc2ccccc12)(c1cccc2ccccc12)c1cccc2ccccc12. The van der Waals surface area contributed by atoms with Gasteiger partial charge in [-0.25, -0.2) is 0 Å². The van der Waals surface area contributed by atoms with Crippen LogP contribution in [0.2, 0.25) is 0 Å². The molecule has 0 aromatic heterocycles. The van der Waals surface area contributed by atoms with Crippen LogP contribution < -0.4 is 0 Å². The summed E-state index contributed by atoms with van der Waals surface area (Å²) in [6, 6.07) is 45.3. The average molecular weight is 434 g/mol. The largest absolute Gasteiger partial charge is 0.446 e. The van der Waals surface area contributed by atoms with Gasteiger partial charge in [-0.2, -0.15) is 0 Å². The van der Waals surface area contributed by atoms with E-state index in [-0.39, 0.29) is 0 Å². The minimum absolute atomic E-state index is 0.309. The molecule has 0 spiro atoms. The highest BCUT2D eigenvalue weighted by Gasteiger charge is 2.39. The van der Waals surface area contributed by atoms with Crippen LogP contribution in [0.4, 0.5) is 0 Å². The Balaban J connectivity index is 1.84. The maximum atomic E-state index is 5.96. The summed E-state index contributed by atoms with van der Waals surface area (Å²) in [7, 11) is 5.96. The fourth-order valence-corrected chi connectivity index (χ4v) is 5.59. The Labute approximate surface area is 201 Å². The Kier molecular flexibility index (Phi) is 5.17. The summed E-state index contributed by atoms with van der Waals surface area (Å²) < 4.78 is 5.62. The van der Waals surface area contributed by atoms with Crippen LogP contribution >= 0.6 is 0 Å². The summed E-state index contributed by atoms with van der Waals surface area (Å²) >= 11 is 0. The van der Waals surface area contributed by atoms with Crippen molar-refractivity contribution in [2.24, 2.45) is 0 Å². The number of fused-ring (bicyclic) bond motifs is 3. The molecule has 0 unspecified atom stereocenters. The topological polar surface area (TPSA) is 9.23 Å². The minimum atomic E-state index is -0.628. The second-order valence-corrected chi connectivity index (χ2v) is 8.80. The van der Waals surface area contributed by atoms with Crippen molar-refractivity contribution < 1.29 is 4.65 Å². The van der Waals surface area contributed by atoms with Gasteiger partial charge in [-0.15, -0.1) is 0 Å². The van der Waals surface area contributed by atoms with Gasteiger partial charge >= 0.3 is 0 Å². The Morgan fingerprint density at radius 1 is 0.441 bits per heavy atom. The molecule has 34 heavy (non-hydrogen) atoms. The van der Waals surface area contributed by atoms with E-state index in [0.29, 0.717) is 6.61 Å². The smallest absolute Gasteiger partial charge is 0.282 e. The predicted octanol–water partition coefficient (Wildman–Crippen LogP) is 7.58. The summed E-state index contributed by atoms with van der Waals surface area (Å²) in [6.07, 6.45) is 0. The summed E-state index contributed by atoms with van der Waals surface area (Å²) in [6.45, 7) is 0.309. The highest BCUT2D eigenvalue weighted by molar-refractivity contribution is 5.99. The van der Waals surface area contributed by atoms with Gasteiger partial charge in [0.2, 0.25) is 0 Å². The zero-order valence-corrected chi connectivity index (χ0v) is 18.8. The van der Waals surface area contributed by atoms with Crippen LogP contribution in [0.15, 0.2) is 127 Å². The molecule has 0 heterocycles. The molecule has 1 nitrogen and oxygen atoms in total. The van der Waals surface area contributed by atoms with Gasteiger partial charge in [0.1, 0.15) is 0 Å². The van der Waals surface area contributed by atoms with Crippen LogP contribution in [0, 0.1) is 0 Å². The van der Waals surface area contributed by atoms with Gasteiger partial charge in [0.15, 0.2) is 0 Å². The molecule has 0 aliphatic carbocycles. The third-order valence-electron chi connectivity index (χ3n) is 7.05. The van der Waals surface area contributed by atoms with Crippen molar-refractivity contribution in [3.8, 4) is 0 Å². The van der Waals surface area contributed by atoms with Crippen molar-refractivity contribution in [2.45, 2.75) is 5.41 Å². The lowest BCUT2D eigenvalue weighted by Crippen LogP contribution is -2.35. The van der Waals surface area contributed by atoms with E-state index in [1.54, 1.807) is 0 Å². The lowest BCUT2D eigenvalue weighted by atomic mass is 9.66. The number of benzene rings is 6. The molecule has 0 amide bonds. The molecule has 0 N–H and O–H groups in total. The van der Waals surface area contributed by atoms with Crippen LogP contribution in [0.3, 0.4) is 0 Å². The van der Waals surface area contributed by atoms with Crippen LogP contribution in [-0.2, 0) is 10.1 Å². The van der Waals surface area contributed by atoms with E-state index >= 15 is 0 Å². The zero-order valence-electron chi connectivity index (χ0n) is 18.8. The van der Waals surface area contributed by atoms with Crippen LogP contribution in [0.5, 0.6) is 0 Å². The average Bonchev–Trinajstić information content (AvgIpc) is 2.91. The van der Waals surface area contributed by atoms with Crippen molar-refractivity contribution in [2.75, 3.05) is 6.61 Å². The molecule has 6 aromatic carbocycles. The molecule has 6 aromatic rings. The Bertz CT molecular complexity index is 1430. The Morgan fingerprint density at radius 2 is 0.765 bits per heavy atom. The molecule has 2 radical (unpaired) electrons. The molecule has 160 valence electrons. The summed E-state index contributed by atoms with van der Waals surface area (Å²) in [5.74, 6) is 0. The number of hydrogen-bond donors (Lipinski definition) is 0. The van der Waals surface area contributed by atoms with E-state index in [1.165, 1.54) is 49.0 Å². The molecule has 0 atom stereocenters. The maximum absolute atomic E-state index is 5.96. The monoisotopic (exact) mass is 434 g/mol. The predicted molar refractivity (Wildman–Crippen MR) is 143 cm³/mol. The molecule has 2 heteroatoms. The van der Waals surface area contributed by atoms with Gasteiger partial charge in [0, 0.05) is 6.61 Å². The Hall–Kier alpha value is -3.88. The first-order valence-corrected chi connectivity index (χ1v) is 11.6. The van der Waals surface area contributed by atoms with Gasteiger partial charge in [0.25, 0.3) is 8.05 Å². The molecular weight excluding hydrogens is 411 g/mol. The lowest BCUT2D eigenvalue weighted by Gasteiger charge is -2.38. The fraction of sp³-hybridized carbons (Fsp3) is 0.0625. The third kappa shape index (κ3) is 3.14. The van der Waals surface area contributed by atoms with Crippen molar-refractivity contribution >= 4 is 40.4 Å². The van der Waals surface area contributed by atoms with Gasteiger partial charge in [-0.05, 0) is 49.0 Å². The van der Waals surface area contributed by atoms with E-state index in [4.69, 9.17) is 12.7 Å². The van der Waals surface area contributed by atoms with Crippen molar-refractivity contribution in [3.05, 3.63) is 144 Å². The summed E-state index contributed by atoms with van der Waals surface area (Å²) in [4.78, 5) is 0. The van der Waals surface area contributed by atoms with E-state index < -0.39 is 5.41 Å². The molecule has 0 fully saturated rings. The molecule has 0 bridgehead atoms. The lowest BCUT2D eigenvalue weighted by molar-refractivity contribution is 0.292. The Morgan fingerprint density at radius 3 is 1.12 bits per heavy atom. The summed E-state index contributed by atoms with van der Waals surface area (Å²) in [5, 5.41) is 7.18. The van der Waals surface area contributed by atoms with Crippen molar-refractivity contribution in [1.29, 1.82) is 0 Å². The van der Waals surface area contributed by atoms with Crippen molar-refractivity contribution in [1.82, 2.24) is 0 Å². The highest BCUT2D eigenvalue weighted by Crippen LogP contribution is 2.47. The zero-order chi connectivity index (χ0) is 23.0. The first-order chi connectivity index (χ1) is 16.8. The first kappa shape index (κ1) is 20.7. The van der Waals surface area contributed by atoms with Gasteiger partial charge in [-0.3, -0.25) is 0 Å². The second kappa shape index (κ2) is 8.48. The molecule has 0 saturated carbocycles. The molecule has 0 saturated heterocycles. The van der Waals surface area contributed by atoms with E-state index in [0.717, 1.165) is 0 Å². The molecule has 6 rings (SSSR count). The van der Waals surface area contributed by atoms with E-state index in [1.807, 2.05) is 0 Å². The normalized spacial score (nSPS) is 11.9. The van der Waals surface area contributed by atoms with Gasteiger partial charge < -0.3 is 4.65 Å². The molecule has 0 aliphatic rings. The maximum Gasteiger partial charge on any atom is 0.282 e. The second-order valence-electron chi connectivity index (χ2n) is 8.80. The minimum Gasteiger partial charge on any atom is -0.446 e.